The molecule has 0 radical (unpaired) electrons. The predicted molar refractivity (Wildman–Crippen MR) is 110 cm³/mol. The van der Waals surface area contributed by atoms with Gasteiger partial charge in [-0.15, -0.1) is 0 Å². The molecule has 140 valence electrons. The lowest BCUT2D eigenvalue weighted by atomic mass is 9.90. The summed E-state index contributed by atoms with van der Waals surface area (Å²) in [6, 6.07) is 20.4. The molecular formula is C24H33NO. The molecule has 2 rings (SSSR count). The van der Waals surface area contributed by atoms with Gasteiger partial charge in [0.15, 0.2) is 0 Å². The molecule has 2 heteroatoms. The van der Waals surface area contributed by atoms with E-state index in [0.717, 1.165) is 37.1 Å². The molecule has 0 fully saturated rings. The Bertz CT molecular complexity index is 574. The molecule has 2 aromatic rings. The Morgan fingerprint density at radius 2 is 1.15 bits per heavy atom. The minimum Gasteiger partial charge on any atom is -0.342 e. The molecule has 0 aliphatic rings. The number of hydrogen-bond acceptors (Lipinski definition) is 1. The number of carbonyl (C=O) groups is 1. The fourth-order valence-electron chi connectivity index (χ4n) is 3.39. The second kappa shape index (κ2) is 11.5. The molecule has 1 amide bonds. The van der Waals surface area contributed by atoms with Crippen LogP contribution in [0.1, 0.15) is 69.4 Å². The maximum Gasteiger partial charge on any atom is 0.234 e. The quantitative estimate of drug-likeness (QED) is 0.453. The molecular weight excluding hydrogens is 318 g/mol. The minimum atomic E-state index is -0.208. The van der Waals surface area contributed by atoms with Crippen LogP contribution in [0, 0.1) is 0 Å². The van der Waals surface area contributed by atoms with E-state index in [4.69, 9.17) is 0 Å². The Labute approximate surface area is 159 Å². The van der Waals surface area contributed by atoms with Crippen molar-refractivity contribution in [2.24, 2.45) is 0 Å². The summed E-state index contributed by atoms with van der Waals surface area (Å²) in [7, 11) is 0. The number of amides is 1. The molecule has 0 heterocycles. The summed E-state index contributed by atoms with van der Waals surface area (Å²) >= 11 is 0. The topological polar surface area (TPSA) is 20.3 Å². The van der Waals surface area contributed by atoms with E-state index in [1.54, 1.807) is 0 Å². The van der Waals surface area contributed by atoms with Gasteiger partial charge in [0.25, 0.3) is 0 Å². The molecule has 26 heavy (non-hydrogen) atoms. The van der Waals surface area contributed by atoms with Crippen molar-refractivity contribution in [1.82, 2.24) is 4.90 Å². The fraction of sp³-hybridized carbons (Fsp3) is 0.458. The van der Waals surface area contributed by atoms with Crippen molar-refractivity contribution in [1.29, 1.82) is 0 Å². The number of benzene rings is 2. The van der Waals surface area contributed by atoms with Gasteiger partial charge in [0.05, 0.1) is 5.92 Å². The first kappa shape index (κ1) is 20.2. The van der Waals surface area contributed by atoms with E-state index in [0.29, 0.717) is 0 Å². The maximum absolute atomic E-state index is 13.6. The van der Waals surface area contributed by atoms with E-state index in [-0.39, 0.29) is 11.8 Å². The van der Waals surface area contributed by atoms with E-state index in [9.17, 15) is 4.79 Å². The van der Waals surface area contributed by atoms with Gasteiger partial charge in [0, 0.05) is 13.1 Å². The third-order valence-electron chi connectivity index (χ3n) is 4.89. The lowest BCUT2D eigenvalue weighted by Crippen LogP contribution is -2.37. The minimum absolute atomic E-state index is 0.208. The van der Waals surface area contributed by atoms with E-state index in [1.807, 2.05) is 36.4 Å². The van der Waals surface area contributed by atoms with Crippen LogP contribution in [0.15, 0.2) is 60.7 Å². The first-order chi connectivity index (χ1) is 12.8. The zero-order valence-corrected chi connectivity index (χ0v) is 16.4. The van der Waals surface area contributed by atoms with Crippen LogP contribution in [0.3, 0.4) is 0 Å². The highest BCUT2D eigenvalue weighted by Gasteiger charge is 2.26. The largest absolute Gasteiger partial charge is 0.342 e. The Morgan fingerprint density at radius 1 is 0.731 bits per heavy atom. The van der Waals surface area contributed by atoms with Crippen molar-refractivity contribution < 1.29 is 4.79 Å². The molecule has 0 bridgehead atoms. The Balaban J connectivity index is 2.25. The van der Waals surface area contributed by atoms with Crippen LogP contribution < -0.4 is 0 Å². The summed E-state index contributed by atoms with van der Waals surface area (Å²) in [6.07, 6.45) is 6.89. The van der Waals surface area contributed by atoms with Crippen LogP contribution in [-0.4, -0.2) is 23.9 Å². The van der Waals surface area contributed by atoms with E-state index in [2.05, 4.69) is 43.0 Å². The lowest BCUT2D eigenvalue weighted by molar-refractivity contribution is -0.132. The molecule has 0 atom stereocenters. The highest BCUT2D eigenvalue weighted by molar-refractivity contribution is 5.87. The van der Waals surface area contributed by atoms with Crippen LogP contribution >= 0.6 is 0 Å². The monoisotopic (exact) mass is 351 g/mol. The van der Waals surface area contributed by atoms with Crippen molar-refractivity contribution in [2.75, 3.05) is 13.1 Å². The van der Waals surface area contributed by atoms with Crippen LogP contribution in [0.4, 0.5) is 0 Å². The number of rotatable bonds is 11. The van der Waals surface area contributed by atoms with Crippen LogP contribution in [0.5, 0.6) is 0 Å². The molecule has 0 N–H and O–H groups in total. The first-order valence-corrected chi connectivity index (χ1v) is 10.2. The Morgan fingerprint density at radius 3 is 1.54 bits per heavy atom. The van der Waals surface area contributed by atoms with Crippen molar-refractivity contribution in [3.63, 3.8) is 0 Å². The number of hydrogen-bond donors (Lipinski definition) is 0. The molecule has 0 aliphatic heterocycles. The molecule has 2 aromatic carbocycles. The molecule has 0 aromatic heterocycles. The average Bonchev–Trinajstić information content (AvgIpc) is 2.69. The highest BCUT2D eigenvalue weighted by atomic mass is 16.2. The van der Waals surface area contributed by atoms with Crippen LogP contribution in [-0.2, 0) is 4.79 Å². The van der Waals surface area contributed by atoms with Crippen molar-refractivity contribution >= 4 is 5.91 Å². The number of carbonyl (C=O) groups excluding carboxylic acids is 1. The smallest absolute Gasteiger partial charge is 0.234 e. The molecule has 0 aliphatic carbocycles. The van der Waals surface area contributed by atoms with E-state index < -0.39 is 0 Å². The van der Waals surface area contributed by atoms with E-state index in [1.165, 1.54) is 25.7 Å². The van der Waals surface area contributed by atoms with Crippen LogP contribution in [0.2, 0.25) is 0 Å². The summed E-state index contributed by atoms with van der Waals surface area (Å²) < 4.78 is 0. The van der Waals surface area contributed by atoms with Gasteiger partial charge in [-0.1, -0.05) is 100 Å². The SMILES string of the molecule is CCCCCN(CCCCC)C(=O)C(c1ccccc1)c1ccccc1. The van der Waals surface area contributed by atoms with Gasteiger partial charge in [-0.3, -0.25) is 4.79 Å². The normalized spacial score (nSPS) is 10.9. The summed E-state index contributed by atoms with van der Waals surface area (Å²) in [4.78, 5) is 15.7. The molecule has 0 saturated carbocycles. The molecule has 2 nitrogen and oxygen atoms in total. The van der Waals surface area contributed by atoms with Gasteiger partial charge >= 0.3 is 0 Å². The number of unbranched alkanes of at least 4 members (excludes halogenated alkanes) is 4. The summed E-state index contributed by atoms with van der Waals surface area (Å²) in [5, 5.41) is 0. The fourth-order valence-corrected chi connectivity index (χ4v) is 3.39. The predicted octanol–water partition coefficient (Wildman–Crippen LogP) is 6.03. The van der Waals surface area contributed by atoms with Gasteiger partial charge < -0.3 is 4.90 Å². The van der Waals surface area contributed by atoms with Gasteiger partial charge in [-0.25, -0.2) is 0 Å². The van der Waals surface area contributed by atoms with Gasteiger partial charge in [-0.2, -0.15) is 0 Å². The second-order valence-electron chi connectivity index (χ2n) is 6.99. The lowest BCUT2D eigenvalue weighted by Gasteiger charge is -2.28. The van der Waals surface area contributed by atoms with Gasteiger partial charge in [0.1, 0.15) is 0 Å². The molecule has 0 saturated heterocycles. The Kier molecular flexibility index (Phi) is 8.95. The van der Waals surface area contributed by atoms with Gasteiger partial charge in [0.2, 0.25) is 5.91 Å². The third kappa shape index (κ3) is 6.01. The van der Waals surface area contributed by atoms with Crippen molar-refractivity contribution in [3.8, 4) is 0 Å². The standard InChI is InChI=1S/C24H33NO/c1-3-5-13-19-25(20-14-6-4-2)24(26)23(21-15-9-7-10-16-21)22-17-11-8-12-18-22/h7-12,15-18,23H,3-6,13-14,19-20H2,1-2H3. The van der Waals surface area contributed by atoms with E-state index >= 15 is 0 Å². The highest BCUT2D eigenvalue weighted by Crippen LogP contribution is 2.27. The van der Waals surface area contributed by atoms with Crippen LogP contribution in [0.25, 0.3) is 0 Å². The maximum atomic E-state index is 13.6. The average molecular weight is 352 g/mol. The second-order valence-corrected chi connectivity index (χ2v) is 6.99. The number of nitrogens with zero attached hydrogens (tertiary/aromatic N) is 1. The molecule has 0 unspecified atom stereocenters. The first-order valence-electron chi connectivity index (χ1n) is 10.2. The zero-order chi connectivity index (χ0) is 18.6. The van der Waals surface area contributed by atoms with Gasteiger partial charge in [-0.05, 0) is 24.0 Å². The Hall–Kier alpha value is -2.09. The third-order valence-corrected chi connectivity index (χ3v) is 4.89. The summed E-state index contributed by atoms with van der Waals surface area (Å²) in [6.45, 7) is 6.15. The summed E-state index contributed by atoms with van der Waals surface area (Å²) in [5.41, 5.74) is 2.17. The molecule has 0 spiro atoms. The van der Waals surface area contributed by atoms with Crippen molar-refractivity contribution in [2.45, 2.75) is 58.3 Å². The van der Waals surface area contributed by atoms with Crippen molar-refractivity contribution in [3.05, 3.63) is 71.8 Å². The zero-order valence-electron chi connectivity index (χ0n) is 16.4. The summed E-state index contributed by atoms with van der Waals surface area (Å²) in [5.74, 6) is 0.0373.